The number of H-pyrrole nitrogens is 1. The number of nitrogens with zero attached hydrogens (tertiary/aromatic N) is 4. The molecule has 4 aromatic heterocycles. The summed E-state index contributed by atoms with van der Waals surface area (Å²) >= 11 is 5.95. The second kappa shape index (κ2) is 7.03. The predicted molar refractivity (Wildman–Crippen MR) is 109 cm³/mol. The molecular weight excluding hydrogens is 390 g/mol. The molecule has 0 fully saturated rings. The number of carbonyl (C=O) groups excluding carboxylic acids is 1. The lowest BCUT2D eigenvalue weighted by Crippen LogP contribution is -2.09. The van der Waals surface area contributed by atoms with Crippen LogP contribution in [0.4, 0.5) is 0 Å². The third-order valence-electron chi connectivity index (χ3n) is 4.56. The molecule has 0 saturated carbocycles. The molecule has 8 heteroatoms. The molecule has 5 rings (SSSR count). The first-order chi connectivity index (χ1) is 14.2. The first-order valence-electron chi connectivity index (χ1n) is 8.86. The Morgan fingerprint density at radius 3 is 2.93 bits per heavy atom. The summed E-state index contributed by atoms with van der Waals surface area (Å²) in [5.41, 5.74) is 2.69. The van der Waals surface area contributed by atoms with E-state index in [1.165, 1.54) is 0 Å². The number of pyridine rings is 2. The van der Waals surface area contributed by atoms with Crippen LogP contribution < -0.4 is 4.74 Å². The number of ether oxygens (including phenoxy) is 1. The fourth-order valence-corrected chi connectivity index (χ4v) is 3.38. The highest BCUT2D eigenvalue weighted by Gasteiger charge is 2.15. The highest BCUT2D eigenvalue weighted by atomic mass is 35.5. The molecule has 0 bridgehead atoms. The second-order valence-electron chi connectivity index (χ2n) is 6.49. The van der Waals surface area contributed by atoms with Crippen molar-refractivity contribution in [1.82, 2.24) is 24.5 Å². The number of aromatic amines is 1. The molecule has 0 aliphatic rings. The minimum atomic E-state index is -0.0479. The third-order valence-corrected chi connectivity index (χ3v) is 4.77. The maximum absolute atomic E-state index is 12.9. The third kappa shape index (κ3) is 3.32. The number of halogens is 1. The Balaban J connectivity index is 1.41. The molecule has 0 aliphatic carbocycles. The van der Waals surface area contributed by atoms with Crippen LogP contribution in [0.3, 0.4) is 0 Å². The molecule has 0 unspecified atom stereocenters. The van der Waals surface area contributed by atoms with Crippen molar-refractivity contribution in [3.8, 4) is 11.5 Å². The molecule has 1 aromatic carbocycles. The minimum Gasteiger partial charge on any atom is -0.456 e. The summed E-state index contributed by atoms with van der Waals surface area (Å²) in [7, 11) is 0. The van der Waals surface area contributed by atoms with Crippen molar-refractivity contribution in [1.29, 1.82) is 0 Å². The highest BCUT2D eigenvalue weighted by molar-refractivity contribution is 6.31. The number of imidazole rings is 1. The summed E-state index contributed by atoms with van der Waals surface area (Å²) < 4.78 is 7.52. The van der Waals surface area contributed by atoms with Crippen molar-refractivity contribution >= 4 is 39.5 Å². The first kappa shape index (κ1) is 17.4. The van der Waals surface area contributed by atoms with Crippen molar-refractivity contribution in [3.05, 3.63) is 78.1 Å². The van der Waals surface area contributed by atoms with Gasteiger partial charge in [-0.2, -0.15) is 0 Å². The SMILES string of the molecule is O=C(Cn1cnc2cc(Cl)cnc21)c1c[nH]c2cc(Oc3cccnc3)ccc12. The number of rotatable bonds is 5. The van der Waals surface area contributed by atoms with Crippen LogP contribution in [0.15, 0.2) is 67.5 Å². The molecule has 0 saturated heterocycles. The van der Waals surface area contributed by atoms with Crippen LogP contribution in [0.1, 0.15) is 10.4 Å². The lowest BCUT2D eigenvalue weighted by atomic mass is 10.1. The van der Waals surface area contributed by atoms with Crippen molar-refractivity contribution in [2.24, 2.45) is 0 Å². The monoisotopic (exact) mass is 403 g/mol. The van der Waals surface area contributed by atoms with Gasteiger partial charge in [-0.3, -0.25) is 9.78 Å². The van der Waals surface area contributed by atoms with E-state index in [0.29, 0.717) is 33.2 Å². The van der Waals surface area contributed by atoms with E-state index in [1.54, 1.807) is 41.7 Å². The highest BCUT2D eigenvalue weighted by Crippen LogP contribution is 2.27. The van der Waals surface area contributed by atoms with E-state index in [0.717, 1.165) is 10.9 Å². The zero-order valence-corrected chi connectivity index (χ0v) is 15.8. The van der Waals surface area contributed by atoms with E-state index in [9.17, 15) is 4.79 Å². The average molecular weight is 404 g/mol. The van der Waals surface area contributed by atoms with E-state index in [-0.39, 0.29) is 12.3 Å². The lowest BCUT2D eigenvalue weighted by molar-refractivity contribution is 0.0975. The van der Waals surface area contributed by atoms with Gasteiger partial charge in [0.15, 0.2) is 11.4 Å². The lowest BCUT2D eigenvalue weighted by Gasteiger charge is -2.05. The Labute approximate surface area is 170 Å². The number of benzene rings is 1. The molecule has 7 nitrogen and oxygen atoms in total. The maximum Gasteiger partial charge on any atom is 0.184 e. The van der Waals surface area contributed by atoms with Gasteiger partial charge in [-0.05, 0) is 30.3 Å². The van der Waals surface area contributed by atoms with Crippen molar-refractivity contribution in [2.75, 3.05) is 0 Å². The van der Waals surface area contributed by atoms with Crippen LogP contribution >= 0.6 is 11.6 Å². The number of hydrogen-bond acceptors (Lipinski definition) is 5. The summed E-state index contributed by atoms with van der Waals surface area (Å²) in [5, 5.41) is 1.34. The van der Waals surface area contributed by atoms with E-state index in [1.807, 2.05) is 30.3 Å². The van der Waals surface area contributed by atoms with Crippen LogP contribution in [-0.2, 0) is 6.54 Å². The van der Waals surface area contributed by atoms with Gasteiger partial charge in [0.25, 0.3) is 0 Å². The van der Waals surface area contributed by atoms with Gasteiger partial charge in [0.1, 0.15) is 17.0 Å². The van der Waals surface area contributed by atoms with Gasteiger partial charge < -0.3 is 14.3 Å². The summed E-state index contributed by atoms with van der Waals surface area (Å²) in [5.74, 6) is 1.26. The van der Waals surface area contributed by atoms with E-state index < -0.39 is 0 Å². The van der Waals surface area contributed by atoms with E-state index in [2.05, 4.69) is 19.9 Å². The number of fused-ring (bicyclic) bond motifs is 2. The average Bonchev–Trinajstić information content (AvgIpc) is 3.32. The minimum absolute atomic E-state index is 0.0479. The van der Waals surface area contributed by atoms with Crippen molar-refractivity contribution in [3.63, 3.8) is 0 Å². The first-order valence-corrected chi connectivity index (χ1v) is 9.24. The van der Waals surface area contributed by atoms with Crippen LogP contribution in [0.5, 0.6) is 11.5 Å². The second-order valence-corrected chi connectivity index (χ2v) is 6.93. The van der Waals surface area contributed by atoms with Gasteiger partial charge in [0, 0.05) is 41.1 Å². The van der Waals surface area contributed by atoms with E-state index in [4.69, 9.17) is 16.3 Å². The number of hydrogen-bond donors (Lipinski definition) is 1. The number of carbonyl (C=O) groups is 1. The molecule has 1 N–H and O–H groups in total. The number of ketones is 1. The Bertz CT molecular complexity index is 1340. The summed E-state index contributed by atoms with van der Waals surface area (Å²) in [6, 6.07) is 10.9. The van der Waals surface area contributed by atoms with Crippen LogP contribution in [0.2, 0.25) is 5.02 Å². The van der Waals surface area contributed by atoms with Gasteiger partial charge in [0.05, 0.1) is 24.1 Å². The number of aromatic nitrogens is 5. The number of Topliss-reactive ketones (excluding diaryl/α,β-unsaturated/α-hetero) is 1. The molecule has 29 heavy (non-hydrogen) atoms. The van der Waals surface area contributed by atoms with E-state index >= 15 is 0 Å². The van der Waals surface area contributed by atoms with Crippen molar-refractivity contribution in [2.45, 2.75) is 6.54 Å². The van der Waals surface area contributed by atoms with Crippen molar-refractivity contribution < 1.29 is 9.53 Å². The van der Waals surface area contributed by atoms with Gasteiger partial charge in [-0.25, -0.2) is 9.97 Å². The largest absolute Gasteiger partial charge is 0.456 e. The Morgan fingerprint density at radius 1 is 1.14 bits per heavy atom. The van der Waals surface area contributed by atoms with Gasteiger partial charge in [0.2, 0.25) is 0 Å². The standard InChI is InChI=1S/C21H14ClN5O2/c22-13-6-19-21(25-8-13)27(12-26-19)11-20(28)17-10-24-18-7-14(3-4-16(17)18)29-15-2-1-5-23-9-15/h1-10,12,24H,11H2. The molecule has 5 aromatic rings. The maximum atomic E-state index is 12.9. The topological polar surface area (TPSA) is 85.7 Å². The normalized spacial score (nSPS) is 11.2. The van der Waals surface area contributed by atoms with Crippen LogP contribution in [0, 0.1) is 0 Å². The summed E-state index contributed by atoms with van der Waals surface area (Å²) in [6.07, 6.45) is 8.18. The van der Waals surface area contributed by atoms with Crippen LogP contribution in [0.25, 0.3) is 22.1 Å². The molecule has 4 heterocycles. The molecule has 142 valence electrons. The molecular formula is C21H14ClN5O2. The fraction of sp³-hybridized carbons (Fsp3) is 0.0476. The van der Waals surface area contributed by atoms with Gasteiger partial charge in [-0.15, -0.1) is 0 Å². The zero-order valence-electron chi connectivity index (χ0n) is 15.0. The Morgan fingerprint density at radius 2 is 2.07 bits per heavy atom. The summed E-state index contributed by atoms with van der Waals surface area (Å²) in [6.45, 7) is 0.131. The molecule has 0 spiro atoms. The smallest absolute Gasteiger partial charge is 0.184 e. The quantitative estimate of drug-likeness (QED) is 0.432. The molecule has 0 atom stereocenters. The Hall–Kier alpha value is -3.71. The fourth-order valence-electron chi connectivity index (χ4n) is 3.22. The molecule has 0 amide bonds. The zero-order chi connectivity index (χ0) is 19.8. The van der Waals surface area contributed by atoms with Crippen LogP contribution in [-0.4, -0.2) is 30.3 Å². The van der Waals surface area contributed by atoms with Gasteiger partial charge >= 0.3 is 0 Å². The van der Waals surface area contributed by atoms with Gasteiger partial charge in [-0.1, -0.05) is 11.6 Å². The number of nitrogens with one attached hydrogen (secondary N) is 1. The predicted octanol–water partition coefficient (Wildman–Crippen LogP) is 4.64. The molecule has 0 radical (unpaired) electrons. The summed E-state index contributed by atoms with van der Waals surface area (Å²) in [4.78, 5) is 28.6. The Kier molecular flexibility index (Phi) is 4.22. The molecule has 0 aliphatic heterocycles.